The van der Waals surface area contributed by atoms with Gasteiger partial charge < -0.3 is 15.0 Å². The molecule has 1 amide bonds. The van der Waals surface area contributed by atoms with Crippen LogP contribution in [0.25, 0.3) is 0 Å². The third-order valence-electron chi connectivity index (χ3n) is 3.26. The van der Waals surface area contributed by atoms with Crippen LogP contribution in [0.1, 0.15) is 15.2 Å². The summed E-state index contributed by atoms with van der Waals surface area (Å²) in [7, 11) is 3.33. The van der Waals surface area contributed by atoms with Gasteiger partial charge in [-0.1, -0.05) is 6.07 Å². The van der Waals surface area contributed by atoms with Crippen LogP contribution in [0, 0.1) is 10.1 Å². The molecule has 0 radical (unpaired) electrons. The van der Waals surface area contributed by atoms with Crippen LogP contribution in [0.5, 0.6) is 0 Å². The highest BCUT2D eigenvalue weighted by Gasteiger charge is 2.20. The molecule has 0 aliphatic rings. The van der Waals surface area contributed by atoms with E-state index in [1.54, 1.807) is 19.0 Å². The van der Waals surface area contributed by atoms with E-state index in [9.17, 15) is 19.7 Å². The van der Waals surface area contributed by atoms with Crippen molar-refractivity contribution in [3.8, 4) is 0 Å². The normalized spacial score (nSPS) is 10.2. The topological polar surface area (TPSA) is 102 Å². The second kappa shape index (κ2) is 8.25. The van der Waals surface area contributed by atoms with E-state index in [0.717, 1.165) is 10.9 Å². The first kappa shape index (κ1) is 18.4. The van der Waals surface area contributed by atoms with Gasteiger partial charge in [-0.15, -0.1) is 11.3 Å². The maximum atomic E-state index is 12.0. The van der Waals surface area contributed by atoms with Gasteiger partial charge in [0.25, 0.3) is 11.6 Å². The van der Waals surface area contributed by atoms with Crippen LogP contribution in [0.15, 0.2) is 35.7 Å². The number of nitrogens with zero attached hydrogens (tertiary/aromatic N) is 2. The Morgan fingerprint density at radius 2 is 2.08 bits per heavy atom. The van der Waals surface area contributed by atoms with Gasteiger partial charge in [-0.2, -0.15) is 0 Å². The van der Waals surface area contributed by atoms with Crippen LogP contribution in [-0.2, 0) is 16.1 Å². The highest BCUT2D eigenvalue weighted by Crippen LogP contribution is 2.27. The third-order valence-corrected chi connectivity index (χ3v) is 4.14. The number of esters is 1. The maximum Gasteiger partial charge on any atom is 0.338 e. The Bertz CT molecular complexity index is 774. The summed E-state index contributed by atoms with van der Waals surface area (Å²) in [5.74, 6) is -1.24. The lowest BCUT2D eigenvalue weighted by molar-refractivity contribution is -0.384. The van der Waals surface area contributed by atoms with Crippen molar-refractivity contribution in [3.05, 3.63) is 56.3 Å². The minimum atomic E-state index is -0.792. The average Bonchev–Trinajstić information content (AvgIpc) is 3.10. The molecule has 2 rings (SSSR count). The van der Waals surface area contributed by atoms with Gasteiger partial charge >= 0.3 is 5.97 Å². The molecule has 2 aromatic rings. The van der Waals surface area contributed by atoms with Gasteiger partial charge in [0.2, 0.25) is 0 Å². The summed E-state index contributed by atoms with van der Waals surface area (Å²) >= 11 is 1.50. The Morgan fingerprint density at radius 3 is 2.68 bits per heavy atom. The zero-order chi connectivity index (χ0) is 18.4. The predicted octanol–water partition coefficient (Wildman–Crippen LogP) is 2.20. The Kier molecular flexibility index (Phi) is 6.07. The number of nitro groups is 1. The van der Waals surface area contributed by atoms with Crippen molar-refractivity contribution < 1.29 is 19.2 Å². The molecule has 0 saturated carbocycles. The quantitative estimate of drug-likeness (QED) is 0.460. The number of carbonyl (C=O) groups excluding carboxylic acids is 2. The number of anilines is 1. The summed E-state index contributed by atoms with van der Waals surface area (Å²) < 4.78 is 4.91. The monoisotopic (exact) mass is 363 g/mol. The lowest BCUT2D eigenvalue weighted by atomic mass is 10.1. The van der Waals surface area contributed by atoms with E-state index in [2.05, 4.69) is 5.32 Å². The number of amides is 1. The van der Waals surface area contributed by atoms with E-state index in [-0.39, 0.29) is 11.3 Å². The standard InChI is InChI=1S/C16H17N3O5S/c1-18(2)13-6-5-11(8-14(13)19(22)23)16(21)24-10-15(20)17-9-12-4-3-7-25-12/h3-8H,9-10H2,1-2H3,(H,17,20). The highest BCUT2D eigenvalue weighted by atomic mass is 32.1. The lowest BCUT2D eigenvalue weighted by Gasteiger charge is -2.13. The number of ether oxygens (including phenoxy) is 1. The summed E-state index contributed by atoms with van der Waals surface area (Å²) in [4.78, 5) is 36.8. The molecule has 1 aromatic heterocycles. The number of rotatable bonds is 7. The van der Waals surface area contributed by atoms with Crippen molar-refractivity contribution in [2.45, 2.75) is 6.54 Å². The van der Waals surface area contributed by atoms with Crippen LogP contribution in [0.4, 0.5) is 11.4 Å². The number of carbonyl (C=O) groups is 2. The van der Waals surface area contributed by atoms with E-state index in [1.807, 2.05) is 17.5 Å². The summed E-state index contributed by atoms with van der Waals surface area (Å²) in [6.45, 7) is -0.0928. The van der Waals surface area contributed by atoms with Crippen LogP contribution in [0.3, 0.4) is 0 Å². The summed E-state index contributed by atoms with van der Waals surface area (Å²) in [5, 5.41) is 15.6. The lowest BCUT2D eigenvalue weighted by Crippen LogP contribution is -2.28. The summed E-state index contributed by atoms with van der Waals surface area (Å²) in [5.41, 5.74) is 0.181. The minimum absolute atomic E-state index is 0.0170. The van der Waals surface area contributed by atoms with Gasteiger partial charge in [0.15, 0.2) is 6.61 Å². The fraction of sp³-hybridized carbons (Fsp3) is 0.250. The first-order chi connectivity index (χ1) is 11.9. The van der Waals surface area contributed by atoms with E-state index >= 15 is 0 Å². The number of benzene rings is 1. The Morgan fingerprint density at radius 1 is 1.32 bits per heavy atom. The van der Waals surface area contributed by atoms with Crippen LogP contribution in [0.2, 0.25) is 0 Å². The maximum absolute atomic E-state index is 12.0. The van der Waals surface area contributed by atoms with Gasteiger partial charge in [0, 0.05) is 25.0 Å². The van der Waals surface area contributed by atoms with Gasteiger partial charge in [0.1, 0.15) is 5.69 Å². The van der Waals surface area contributed by atoms with Crippen LogP contribution < -0.4 is 10.2 Å². The van der Waals surface area contributed by atoms with E-state index < -0.39 is 23.4 Å². The molecule has 0 bridgehead atoms. The van der Waals surface area contributed by atoms with Crippen molar-refractivity contribution in [1.82, 2.24) is 5.32 Å². The fourth-order valence-electron chi connectivity index (χ4n) is 2.04. The number of thiophene rings is 1. The van der Waals surface area contributed by atoms with Gasteiger partial charge in [-0.3, -0.25) is 14.9 Å². The van der Waals surface area contributed by atoms with Crippen molar-refractivity contribution in [2.75, 3.05) is 25.6 Å². The van der Waals surface area contributed by atoms with Gasteiger partial charge in [-0.05, 0) is 23.6 Å². The molecule has 25 heavy (non-hydrogen) atoms. The smallest absolute Gasteiger partial charge is 0.338 e. The molecule has 8 nitrogen and oxygen atoms in total. The molecular formula is C16H17N3O5S. The molecule has 1 N–H and O–H groups in total. The van der Waals surface area contributed by atoms with E-state index in [4.69, 9.17) is 4.74 Å². The predicted molar refractivity (Wildman–Crippen MR) is 93.9 cm³/mol. The van der Waals surface area contributed by atoms with Crippen molar-refractivity contribution >= 4 is 34.6 Å². The second-order valence-corrected chi connectivity index (χ2v) is 6.32. The Balaban J connectivity index is 1.95. The van der Waals surface area contributed by atoms with Crippen LogP contribution in [-0.4, -0.2) is 37.5 Å². The Labute approximate surface area is 148 Å². The molecule has 0 unspecified atom stereocenters. The number of hydrogen-bond acceptors (Lipinski definition) is 7. The third kappa shape index (κ3) is 5.01. The Hall–Kier alpha value is -2.94. The average molecular weight is 363 g/mol. The van der Waals surface area contributed by atoms with E-state index in [0.29, 0.717) is 12.2 Å². The molecule has 1 aromatic carbocycles. The molecule has 0 aliphatic carbocycles. The summed E-state index contributed by atoms with van der Waals surface area (Å²) in [6, 6.07) is 7.78. The molecule has 0 atom stereocenters. The second-order valence-electron chi connectivity index (χ2n) is 5.29. The molecule has 132 valence electrons. The molecule has 1 heterocycles. The van der Waals surface area contributed by atoms with Crippen molar-refractivity contribution in [3.63, 3.8) is 0 Å². The minimum Gasteiger partial charge on any atom is -0.452 e. The van der Waals surface area contributed by atoms with Crippen molar-refractivity contribution in [2.24, 2.45) is 0 Å². The van der Waals surface area contributed by atoms with E-state index in [1.165, 1.54) is 23.5 Å². The largest absolute Gasteiger partial charge is 0.452 e. The number of hydrogen-bond donors (Lipinski definition) is 1. The van der Waals surface area contributed by atoms with Gasteiger partial charge in [-0.25, -0.2) is 4.79 Å². The zero-order valence-corrected chi connectivity index (χ0v) is 14.5. The SMILES string of the molecule is CN(C)c1ccc(C(=O)OCC(=O)NCc2cccs2)cc1[N+](=O)[O-]. The molecular weight excluding hydrogens is 346 g/mol. The first-order valence-corrected chi connectivity index (χ1v) is 8.18. The van der Waals surface area contributed by atoms with Gasteiger partial charge in [0.05, 0.1) is 17.0 Å². The zero-order valence-electron chi connectivity index (χ0n) is 13.7. The van der Waals surface area contributed by atoms with Crippen molar-refractivity contribution in [1.29, 1.82) is 0 Å². The molecule has 0 saturated heterocycles. The molecule has 0 fully saturated rings. The fourth-order valence-corrected chi connectivity index (χ4v) is 2.68. The number of nitro benzene ring substituents is 1. The molecule has 0 aliphatic heterocycles. The number of nitrogens with one attached hydrogen (secondary N) is 1. The molecule has 9 heteroatoms. The first-order valence-electron chi connectivity index (χ1n) is 7.30. The van der Waals surface area contributed by atoms with Crippen LogP contribution >= 0.6 is 11.3 Å². The highest BCUT2D eigenvalue weighted by molar-refractivity contribution is 7.09. The molecule has 0 spiro atoms. The summed E-state index contributed by atoms with van der Waals surface area (Å²) in [6.07, 6.45) is 0.